The Morgan fingerprint density at radius 3 is 2.40 bits per heavy atom. The van der Waals surface area contributed by atoms with Crippen LogP contribution in [0.2, 0.25) is 0 Å². The van der Waals surface area contributed by atoms with E-state index in [4.69, 9.17) is 5.73 Å². The molecule has 2 aromatic rings. The van der Waals surface area contributed by atoms with Crippen molar-refractivity contribution in [1.29, 1.82) is 0 Å². The highest BCUT2D eigenvalue weighted by Gasteiger charge is 2.28. The second-order valence-electron chi connectivity index (χ2n) is 8.72. The van der Waals surface area contributed by atoms with E-state index in [0.29, 0.717) is 5.92 Å². The molecule has 3 rings (SSSR count). The topological polar surface area (TPSA) is 78.5 Å². The first-order valence-electron chi connectivity index (χ1n) is 11.7. The molecule has 1 aliphatic rings. The zero-order chi connectivity index (χ0) is 21.2. The van der Waals surface area contributed by atoms with Crippen LogP contribution in [0.25, 0.3) is 0 Å². The molecule has 164 valence electrons. The number of phenolic OH excluding ortho intramolecular Hbond substituents is 2. The van der Waals surface area contributed by atoms with E-state index in [9.17, 15) is 10.2 Å². The van der Waals surface area contributed by atoms with E-state index in [1.807, 2.05) is 6.07 Å². The highest BCUT2D eigenvalue weighted by Crippen LogP contribution is 2.42. The average molecular weight is 411 g/mol. The molecule has 0 saturated heterocycles. The van der Waals surface area contributed by atoms with Gasteiger partial charge in [0.05, 0.1) is 0 Å². The van der Waals surface area contributed by atoms with E-state index in [0.717, 1.165) is 49.9 Å². The van der Waals surface area contributed by atoms with Crippen molar-refractivity contribution in [3.8, 4) is 11.5 Å². The molecular formula is C26H38N2O2. The lowest BCUT2D eigenvalue weighted by Crippen LogP contribution is -2.27. The second kappa shape index (κ2) is 12.0. The van der Waals surface area contributed by atoms with Crippen LogP contribution in [0.5, 0.6) is 11.5 Å². The summed E-state index contributed by atoms with van der Waals surface area (Å²) in [6, 6.07) is 14.1. The van der Waals surface area contributed by atoms with E-state index >= 15 is 0 Å². The number of aromatic hydroxyl groups is 2. The Kier molecular flexibility index (Phi) is 9.03. The third kappa shape index (κ3) is 6.48. The van der Waals surface area contributed by atoms with Gasteiger partial charge in [0.25, 0.3) is 0 Å². The molecule has 1 aliphatic carbocycles. The summed E-state index contributed by atoms with van der Waals surface area (Å²) in [6.07, 6.45) is 11.8. The first kappa shape index (κ1) is 22.6. The number of benzene rings is 2. The minimum Gasteiger partial charge on any atom is -0.504 e. The van der Waals surface area contributed by atoms with Crippen molar-refractivity contribution in [3.05, 3.63) is 59.2 Å². The van der Waals surface area contributed by atoms with Crippen LogP contribution < -0.4 is 11.1 Å². The molecule has 30 heavy (non-hydrogen) atoms. The van der Waals surface area contributed by atoms with E-state index in [2.05, 4.69) is 35.6 Å². The van der Waals surface area contributed by atoms with Gasteiger partial charge in [0, 0.05) is 11.6 Å². The van der Waals surface area contributed by atoms with Gasteiger partial charge in [-0.1, -0.05) is 68.5 Å². The molecule has 4 heteroatoms. The van der Waals surface area contributed by atoms with Gasteiger partial charge in [-0.3, -0.25) is 0 Å². The minimum absolute atomic E-state index is 0.0240. The van der Waals surface area contributed by atoms with Crippen LogP contribution in [0.1, 0.15) is 74.1 Å². The lowest BCUT2D eigenvalue weighted by atomic mass is 9.77. The fourth-order valence-electron chi connectivity index (χ4n) is 4.67. The van der Waals surface area contributed by atoms with Gasteiger partial charge in [-0.2, -0.15) is 0 Å². The summed E-state index contributed by atoms with van der Waals surface area (Å²) in [5, 5.41) is 23.3. The summed E-state index contributed by atoms with van der Waals surface area (Å²) in [7, 11) is 0. The molecule has 0 bridgehead atoms. The van der Waals surface area contributed by atoms with Crippen molar-refractivity contribution in [2.45, 2.75) is 70.3 Å². The molecular weight excluding hydrogens is 372 g/mol. The number of hydrogen-bond donors (Lipinski definition) is 4. The third-order valence-corrected chi connectivity index (χ3v) is 6.54. The van der Waals surface area contributed by atoms with Gasteiger partial charge in [0.15, 0.2) is 11.5 Å². The maximum absolute atomic E-state index is 10.1. The van der Waals surface area contributed by atoms with Crippen LogP contribution in [-0.2, 0) is 12.8 Å². The zero-order valence-corrected chi connectivity index (χ0v) is 18.2. The Bertz CT molecular complexity index is 763. The van der Waals surface area contributed by atoms with Crippen LogP contribution in [-0.4, -0.2) is 23.3 Å². The van der Waals surface area contributed by atoms with Crippen LogP contribution in [0.15, 0.2) is 42.5 Å². The largest absolute Gasteiger partial charge is 0.504 e. The Morgan fingerprint density at radius 2 is 1.60 bits per heavy atom. The van der Waals surface area contributed by atoms with E-state index in [1.54, 1.807) is 6.07 Å². The molecule has 2 aromatic carbocycles. The second-order valence-corrected chi connectivity index (χ2v) is 8.72. The molecule has 2 atom stereocenters. The third-order valence-electron chi connectivity index (χ3n) is 6.54. The number of nitrogens with one attached hydrogen (secondary N) is 1. The van der Waals surface area contributed by atoms with Crippen LogP contribution in [0.3, 0.4) is 0 Å². The maximum atomic E-state index is 10.1. The van der Waals surface area contributed by atoms with Crippen molar-refractivity contribution in [2.75, 3.05) is 13.1 Å². The lowest BCUT2D eigenvalue weighted by Gasteiger charge is -2.31. The molecule has 2 unspecified atom stereocenters. The Hall–Kier alpha value is -2.04. The number of fused-ring (bicyclic) bond motifs is 1. The first-order chi connectivity index (χ1) is 14.7. The summed E-state index contributed by atoms with van der Waals surface area (Å²) >= 11 is 0. The van der Waals surface area contributed by atoms with Crippen LogP contribution in [0.4, 0.5) is 0 Å². The van der Waals surface area contributed by atoms with Crippen molar-refractivity contribution >= 4 is 0 Å². The average Bonchev–Trinajstić information content (AvgIpc) is 2.76. The first-order valence-corrected chi connectivity index (χ1v) is 11.7. The minimum atomic E-state index is -0.0363. The molecule has 5 N–H and O–H groups in total. The number of unbranched alkanes of at least 4 members (excludes halogenated alkanes) is 5. The van der Waals surface area contributed by atoms with Gasteiger partial charge in [-0.15, -0.1) is 0 Å². The number of rotatable bonds is 12. The standard InChI is InChI=1S/C26H38N2O2/c27-25-21(13-14-23-22(25)15-16-24(29)26(23)30)12-8-3-1-2-4-9-18-28-19-17-20-10-6-5-7-11-20/h5-7,10-11,15-16,21,25,28-30H,1-4,8-9,12-14,17-19,27H2. The number of nitrogens with two attached hydrogens (primary N) is 1. The molecule has 4 nitrogen and oxygen atoms in total. The predicted octanol–water partition coefficient (Wildman–Crippen LogP) is 5.22. The van der Waals surface area contributed by atoms with Crippen molar-refractivity contribution < 1.29 is 10.2 Å². The van der Waals surface area contributed by atoms with Gasteiger partial charge in [-0.05, 0) is 68.3 Å². The van der Waals surface area contributed by atoms with E-state index in [1.165, 1.54) is 44.1 Å². The van der Waals surface area contributed by atoms with Crippen molar-refractivity contribution in [3.63, 3.8) is 0 Å². The van der Waals surface area contributed by atoms with Crippen LogP contribution in [0, 0.1) is 5.92 Å². The van der Waals surface area contributed by atoms with Gasteiger partial charge in [0.1, 0.15) is 0 Å². The molecule has 0 aromatic heterocycles. The molecule has 0 spiro atoms. The summed E-state index contributed by atoms with van der Waals surface area (Å²) in [6.45, 7) is 2.18. The fourth-order valence-corrected chi connectivity index (χ4v) is 4.67. The zero-order valence-electron chi connectivity index (χ0n) is 18.2. The molecule has 0 radical (unpaired) electrons. The summed E-state index contributed by atoms with van der Waals surface area (Å²) < 4.78 is 0. The Balaban J connectivity index is 1.20. The smallest absolute Gasteiger partial charge is 0.161 e. The quantitative estimate of drug-likeness (QED) is 0.286. The van der Waals surface area contributed by atoms with E-state index in [-0.39, 0.29) is 17.5 Å². The summed E-state index contributed by atoms with van der Waals surface area (Å²) in [5.41, 5.74) is 9.73. The van der Waals surface area contributed by atoms with Crippen LogP contribution >= 0.6 is 0 Å². The van der Waals surface area contributed by atoms with Gasteiger partial charge >= 0.3 is 0 Å². The SMILES string of the molecule is NC1c2ccc(O)c(O)c2CCC1CCCCCCCCNCCc1ccccc1. The highest BCUT2D eigenvalue weighted by atomic mass is 16.3. The van der Waals surface area contributed by atoms with Gasteiger partial charge in [-0.25, -0.2) is 0 Å². The highest BCUT2D eigenvalue weighted by molar-refractivity contribution is 5.51. The molecule has 0 heterocycles. The fraction of sp³-hybridized carbons (Fsp3) is 0.538. The summed E-state index contributed by atoms with van der Waals surface area (Å²) in [4.78, 5) is 0. The maximum Gasteiger partial charge on any atom is 0.161 e. The molecule has 0 saturated carbocycles. The number of hydrogen-bond acceptors (Lipinski definition) is 4. The summed E-state index contributed by atoms with van der Waals surface area (Å²) in [5.74, 6) is 0.469. The Labute approximate surface area is 181 Å². The van der Waals surface area contributed by atoms with Gasteiger partial charge < -0.3 is 21.3 Å². The lowest BCUT2D eigenvalue weighted by molar-refractivity contribution is 0.330. The van der Waals surface area contributed by atoms with E-state index < -0.39 is 0 Å². The molecule has 0 amide bonds. The monoisotopic (exact) mass is 410 g/mol. The predicted molar refractivity (Wildman–Crippen MR) is 124 cm³/mol. The Morgan fingerprint density at radius 1 is 0.867 bits per heavy atom. The number of phenols is 2. The van der Waals surface area contributed by atoms with Gasteiger partial charge in [0.2, 0.25) is 0 Å². The molecule has 0 aliphatic heterocycles. The normalized spacial score (nSPS) is 18.3. The van der Waals surface area contributed by atoms with Crippen molar-refractivity contribution in [1.82, 2.24) is 5.32 Å². The van der Waals surface area contributed by atoms with Crippen molar-refractivity contribution in [2.24, 2.45) is 11.7 Å². The molecule has 0 fully saturated rings.